The van der Waals surface area contributed by atoms with E-state index in [-0.39, 0.29) is 23.6 Å². The molecule has 0 radical (unpaired) electrons. The topological polar surface area (TPSA) is 89.2 Å². The first-order valence-electron chi connectivity index (χ1n) is 16.9. The Bertz CT molecular complexity index is 1790. The average Bonchev–Trinajstić information content (AvgIpc) is 3.72. The van der Waals surface area contributed by atoms with Crippen LogP contribution >= 0.6 is 0 Å². The predicted octanol–water partition coefficient (Wildman–Crippen LogP) is 5.61. The van der Waals surface area contributed by atoms with Crippen LogP contribution in [0.3, 0.4) is 0 Å². The van der Waals surface area contributed by atoms with Gasteiger partial charge in [0.2, 0.25) is 5.91 Å². The number of piperidine rings is 1. The van der Waals surface area contributed by atoms with E-state index in [0.717, 1.165) is 86.4 Å². The fourth-order valence-corrected chi connectivity index (χ4v) is 7.77. The summed E-state index contributed by atoms with van der Waals surface area (Å²) in [5.74, 6) is 1.40. The smallest absolute Gasteiger partial charge is 0.264 e. The van der Waals surface area contributed by atoms with Crippen LogP contribution in [-0.4, -0.2) is 75.5 Å². The van der Waals surface area contributed by atoms with E-state index in [2.05, 4.69) is 19.9 Å². The Balaban J connectivity index is 1.24. The summed E-state index contributed by atoms with van der Waals surface area (Å²) in [5.41, 5.74) is 5.69. The molecule has 12 heteroatoms. The van der Waals surface area contributed by atoms with Crippen molar-refractivity contribution in [3.63, 3.8) is 0 Å². The van der Waals surface area contributed by atoms with E-state index in [4.69, 9.17) is 14.6 Å². The molecule has 0 aliphatic carbocycles. The second-order valence-corrected chi connectivity index (χ2v) is 13.2. The SMILES string of the molecule is CC(=O)N1CCc2c(c(N3CCCc4cc(-c5cc6nccn6cc5OC5CCNCC5)c(C(F)F)cc43)nn2C2CCOCC2)C1. The number of rotatable bonds is 6. The lowest BCUT2D eigenvalue weighted by Crippen LogP contribution is -2.36. The number of nitrogens with one attached hydrogen (secondary N) is 1. The molecule has 3 aromatic heterocycles. The summed E-state index contributed by atoms with van der Waals surface area (Å²) >= 11 is 0. The van der Waals surface area contributed by atoms with E-state index in [1.807, 2.05) is 33.8 Å². The average molecular weight is 646 g/mol. The third kappa shape index (κ3) is 5.65. The molecule has 4 aliphatic rings. The molecule has 47 heavy (non-hydrogen) atoms. The number of amides is 1. The minimum atomic E-state index is -2.70. The fourth-order valence-electron chi connectivity index (χ4n) is 7.77. The van der Waals surface area contributed by atoms with Gasteiger partial charge in [-0.2, -0.15) is 5.10 Å². The molecule has 4 aliphatic heterocycles. The van der Waals surface area contributed by atoms with Crippen molar-refractivity contribution in [2.75, 3.05) is 44.3 Å². The van der Waals surface area contributed by atoms with Crippen LogP contribution in [-0.2, 0) is 28.9 Å². The van der Waals surface area contributed by atoms with Crippen LogP contribution in [0.2, 0.25) is 0 Å². The number of hydrogen-bond donors (Lipinski definition) is 1. The Kier molecular flexibility index (Phi) is 8.08. The number of nitrogens with zero attached hydrogens (tertiary/aromatic N) is 6. The third-order valence-electron chi connectivity index (χ3n) is 10.3. The van der Waals surface area contributed by atoms with E-state index in [0.29, 0.717) is 55.4 Å². The number of aryl methyl sites for hydroxylation is 1. The molecule has 2 saturated heterocycles. The number of pyridine rings is 1. The molecule has 1 N–H and O–H groups in total. The number of anilines is 2. The van der Waals surface area contributed by atoms with Crippen molar-refractivity contribution in [3.05, 3.63) is 59.2 Å². The molecular formula is C35H41F2N7O3. The lowest BCUT2D eigenvalue weighted by molar-refractivity contribution is -0.129. The van der Waals surface area contributed by atoms with E-state index in [1.54, 1.807) is 19.2 Å². The van der Waals surface area contributed by atoms with Gasteiger partial charge in [0.25, 0.3) is 6.43 Å². The van der Waals surface area contributed by atoms with Crippen molar-refractivity contribution in [1.82, 2.24) is 29.4 Å². The Labute approximate surface area is 272 Å². The molecule has 0 unspecified atom stereocenters. The molecule has 1 aromatic carbocycles. The predicted molar refractivity (Wildman–Crippen MR) is 174 cm³/mol. The summed E-state index contributed by atoms with van der Waals surface area (Å²) < 4.78 is 46.5. The van der Waals surface area contributed by atoms with Gasteiger partial charge in [-0.3, -0.25) is 9.48 Å². The second-order valence-electron chi connectivity index (χ2n) is 13.2. The normalized spacial score (nSPS) is 19.3. The van der Waals surface area contributed by atoms with E-state index in [9.17, 15) is 4.79 Å². The first-order valence-corrected chi connectivity index (χ1v) is 16.9. The number of aromatic nitrogens is 4. The van der Waals surface area contributed by atoms with Crippen LogP contribution in [0.25, 0.3) is 16.8 Å². The lowest BCUT2D eigenvalue weighted by Gasteiger charge is -2.33. The highest BCUT2D eigenvalue weighted by Gasteiger charge is 2.34. The minimum Gasteiger partial charge on any atom is -0.488 e. The molecule has 0 bridgehead atoms. The first kappa shape index (κ1) is 30.3. The standard InChI is InChI=1S/C35H41F2N7O3/c1-22(45)41-13-6-30-29(20-41)35(40-44(30)24-7-15-46-16-8-24)43-12-2-3-23-17-26(28(34(36)37)18-31(23)43)27-19-33-39-11-14-42(33)21-32(27)47-25-4-9-38-10-5-25/h11,14,17-19,21,24-25,34,38H,2-10,12-13,15-16,20H2,1H3. The minimum absolute atomic E-state index is 0.00525. The number of fused-ring (bicyclic) bond motifs is 3. The molecule has 0 atom stereocenters. The Morgan fingerprint density at radius 2 is 1.89 bits per heavy atom. The summed E-state index contributed by atoms with van der Waals surface area (Å²) in [6.07, 6.45) is 8.53. The van der Waals surface area contributed by atoms with Crippen molar-refractivity contribution >= 4 is 23.1 Å². The third-order valence-corrected chi connectivity index (χ3v) is 10.3. The van der Waals surface area contributed by atoms with Crippen LogP contribution in [0.15, 0.2) is 36.8 Å². The van der Waals surface area contributed by atoms with Gasteiger partial charge in [0.05, 0.1) is 18.8 Å². The molecule has 7 heterocycles. The zero-order valence-corrected chi connectivity index (χ0v) is 26.8. The Morgan fingerprint density at radius 3 is 2.68 bits per heavy atom. The van der Waals surface area contributed by atoms with Gasteiger partial charge in [0, 0.05) is 80.1 Å². The molecule has 1 amide bonds. The van der Waals surface area contributed by atoms with Gasteiger partial charge in [-0.1, -0.05) is 0 Å². The van der Waals surface area contributed by atoms with Crippen molar-refractivity contribution < 1.29 is 23.0 Å². The summed E-state index contributed by atoms with van der Waals surface area (Å²) in [4.78, 5) is 20.9. The summed E-state index contributed by atoms with van der Waals surface area (Å²) in [5, 5.41) is 8.58. The highest BCUT2D eigenvalue weighted by atomic mass is 19.3. The lowest BCUT2D eigenvalue weighted by atomic mass is 9.91. The van der Waals surface area contributed by atoms with E-state index >= 15 is 8.78 Å². The number of ether oxygens (including phenoxy) is 2. The van der Waals surface area contributed by atoms with Crippen molar-refractivity contribution in [2.24, 2.45) is 0 Å². The summed E-state index contributed by atoms with van der Waals surface area (Å²) in [6, 6.07) is 5.70. The number of carbonyl (C=O) groups excluding carboxylic acids is 1. The van der Waals surface area contributed by atoms with Gasteiger partial charge in [-0.15, -0.1) is 0 Å². The Morgan fingerprint density at radius 1 is 1.06 bits per heavy atom. The molecule has 0 spiro atoms. The second kappa shape index (κ2) is 12.5. The molecule has 2 fully saturated rings. The largest absolute Gasteiger partial charge is 0.488 e. The van der Waals surface area contributed by atoms with Crippen LogP contribution in [0, 0.1) is 0 Å². The maximum atomic E-state index is 15.2. The van der Waals surface area contributed by atoms with Crippen molar-refractivity contribution in [1.29, 1.82) is 0 Å². The number of hydrogen-bond acceptors (Lipinski definition) is 7. The fraction of sp³-hybridized carbons (Fsp3) is 0.514. The van der Waals surface area contributed by atoms with E-state index < -0.39 is 6.43 Å². The molecule has 0 saturated carbocycles. The van der Waals surface area contributed by atoms with Gasteiger partial charge in [0.1, 0.15) is 17.5 Å². The highest BCUT2D eigenvalue weighted by Crippen LogP contribution is 2.45. The quantitative estimate of drug-likeness (QED) is 0.292. The highest BCUT2D eigenvalue weighted by molar-refractivity contribution is 5.82. The molecule has 4 aromatic rings. The number of alkyl halides is 2. The number of carbonyl (C=O) groups is 1. The number of benzene rings is 1. The van der Waals surface area contributed by atoms with Crippen molar-refractivity contribution in [2.45, 2.75) is 77.0 Å². The van der Waals surface area contributed by atoms with E-state index in [1.165, 1.54) is 0 Å². The molecule has 10 nitrogen and oxygen atoms in total. The maximum absolute atomic E-state index is 15.2. The zero-order chi connectivity index (χ0) is 32.1. The van der Waals surface area contributed by atoms with Gasteiger partial charge >= 0.3 is 0 Å². The Hall–Kier alpha value is -4.03. The van der Waals surface area contributed by atoms with Gasteiger partial charge in [-0.05, 0) is 80.9 Å². The number of halogens is 2. The number of imidazole rings is 1. The molecular weight excluding hydrogens is 604 g/mol. The van der Waals surface area contributed by atoms with Crippen LogP contribution in [0.5, 0.6) is 5.75 Å². The van der Waals surface area contributed by atoms with Crippen LogP contribution in [0.4, 0.5) is 20.3 Å². The van der Waals surface area contributed by atoms with Gasteiger partial charge in [-0.25, -0.2) is 13.8 Å². The van der Waals surface area contributed by atoms with Crippen LogP contribution in [0.1, 0.15) is 73.9 Å². The first-order chi connectivity index (χ1) is 22.9. The maximum Gasteiger partial charge on any atom is 0.264 e. The summed E-state index contributed by atoms with van der Waals surface area (Å²) in [7, 11) is 0. The molecule has 248 valence electrons. The van der Waals surface area contributed by atoms with Crippen LogP contribution < -0.4 is 15.0 Å². The van der Waals surface area contributed by atoms with Gasteiger partial charge in [0.15, 0.2) is 5.82 Å². The zero-order valence-electron chi connectivity index (χ0n) is 26.8. The van der Waals surface area contributed by atoms with Crippen molar-refractivity contribution in [3.8, 4) is 16.9 Å². The van der Waals surface area contributed by atoms with Gasteiger partial charge < -0.3 is 29.0 Å². The molecule has 8 rings (SSSR count). The summed E-state index contributed by atoms with van der Waals surface area (Å²) in [6.45, 7) is 6.49. The monoisotopic (exact) mass is 645 g/mol.